The minimum absolute atomic E-state index is 0.252. The van der Waals surface area contributed by atoms with Crippen LogP contribution in [0.25, 0.3) is 0 Å². The van der Waals surface area contributed by atoms with Gasteiger partial charge in [-0.05, 0) is 25.6 Å². The molecule has 0 aliphatic rings. The Balaban J connectivity index is 2.09. The molecule has 1 heterocycles. The maximum absolute atomic E-state index is 6.21. The molecule has 0 aliphatic carbocycles. The van der Waals surface area contributed by atoms with Gasteiger partial charge in [-0.15, -0.1) is 11.3 Å². The Morgan fingerprint density at radius 1 is 1.44 bits per heavy atom. The molecule has 2 N–H and O–H groups in total. The van der Waals surface area contributed by atoms with E-state index in [-0.39, 0.29) is 6.04 Å². The van der Waals surface area contributed by atoms with Crippen molar-refractivity contribution in [3.8, 4) is 0 Å². The molecule has 3 nitrogen and oxygen atoms in total. The number of nitrogen functional groups attached to an aromatic ring is 1. The van der Waals surface area contributed by atoms with E-state index in [2.05, 4.69) is 29.9 Å². The first-order valence-corrected chi connectivity index (χ1v) is 6.92. The summed E-state index contributed by atoms with van der Waals surface area (Å²) in [6, 6.07) is 8.19. The van der Waals surface area contributed by atoms with Gasteiger partial charge in [-0.2, -0.15) is 0 Å². The van der Waals surface area contributed by atoms with Gasteiger partial charge in [-0.25, -0.2) is 4.98 Å². The van der Waals surface area contributed by atoms with Crippen LogP contribution in [0.5, 0.6) is 0 Å². The minimum Gasteiger partial charge on any atom is -0.375 e. The fourth-order valence-corrected chi connectivity index (χ4v) is 2.87. The molecule has 0 fully saturated rings. The van der Waals surface area contributed by atoms with Gasteiger partial charge in [-0.3, -0.25) is 4.90 Å². The van der Waals surface area contributed by atoms with Crippen molar-refractivity contribution in [2.45, 2.75) is 19.5 Å². The molecule has 0 saturated heterocycles. The topological polar surface area (TPSA) is 42.2 Å². The third kappa shape index (κ3) is 3.02. The van der Waals surface area contributed by atoms with E-state index in [1.807, 2.05) is 24.4 Å². The summed E-state index contributed by atoms with van der Waals surface area (Å²) in [5.74, 6) is 0. The maximum Gasteiger partial charge on any atom is 0.180 e. The van der Waals surface area contributed by atoms with Crippen LogP contribution in [0.15, 0.2) is 30.5 Å². The van der Waals surface area contributed by atoms with Crippen LogP contribution < -0.4 is 5.73 Å². The number of rotatable bonds is 4. The number of nitrogens with zero attached hydrogens (tertiary/aromatic N) is 2. The molecule has 5 heteroatoms. The van der Waals surface area contributed by atoms with Crippen LogP contribution in [0.4, 0.5) is 5.13 Å². The first-order valence-electron chi connectivity index (χ1n) is 5.72. The second-order valence-electron chi connectivity index (χ2n) is 4.28. The number of thiazole rings is 1. The highest BCUT2D eigenvalue weighted by Gasteiger charge is 2.15. The molecule has 0 radical (unpaired) electrons. The summed E-state index contributed by atoms with van der Waals surface area (Å²) in [6.45, 7) is 2.97. The smallest absolute Gasteiger partial charge is 0.180 e. The van der Waals surface area contributed by atoms with Crippen molar-refractivity contribution in [1.82, 2.24) is 9.88 Å². The summed E-state index contributed by atoms with van der Waals surface area (Å²) < 4.78 is 0. The Bertz CT molecular complexity index is 526. The molecule has 1 aromatic carbocycles. The molecule has 18 heavy (non-hydrogen) atoms. The van der Waals surface area contributed by atoms with Gasteiger partial charge in [0.15, 0.2) is 5.13 Å². The van der Waals surface area contributed by atoms with Crippen molar-refractivity contribution in [3.63, 3.8) is 0 Å². The molecular formula is C13H16ClN3S. The molecule has 1 unspecified atom stereocenters. The number of hydrogen-bond acceptors (Lipinski definition) is 4. The van der Waals surface area contributed by atoms with Gasteiger partial charge in [0.1, 0.15) is 0 Å². The van der Waals surface area contributed by atoms with Crippen LogP contribution >= 0.6 is 22.9 Å². The summed E-state index contributed by atoms with van der Waals surface area (Å²) in [5, 5.41) is 1.42. The number of nitrogens with two attached hydrogens (primary N) is 1. The van der Waals surface area contributed by atoms with E-state index < -0.39 is 0 Å². The average molecular weight is 282 g/mol. The normalized spacial score (nSPS) is 12.9. The number of benzene rings is 1. The zero-order valence-corrected chi connectivity index (χ0v) is 12.0. The van der Waals surface area contributed by atoms with Gasteiger partial charge in [0.05, 0.1) is 0 Å². The molecular weight excluding hydrogens is 266 g/mol. The van der Waals surface area contributed by atoms with E-state index in [0.29, 0.717) is 5.13 Å². The van der Waals surface area contributed by atoms with Gasteiger partial charge in [0.25, 0.3) is 0 Å². The summed E-state index contributed by atoms with van der Waals surface area (Å²) in [6.07, 6.45) is 1.83. The maximum atomic E-state index is 6.21. The quantitative estimate of drug-likeness (QED) is 0.931. The molecule has 96 valence electrons. The molecule has 1 atom stereocenters. The Morgan fingerprint density at radius 3 is 2.78 bits per heavy atom. The lowest BCUT2D eigenvalue weighted by Crippen LogP contribution is -2.21. The SMILES string of the molecule is CC(c1ccccc1Cl)N(C)Cc1cnc(N)s1. The zero-order chi connectivity index (χ0) is 13.1. The average Bonchev–Trinajstić information content (AvgIpc) is 2.74. The summed E-state index contributed by atoms with van der Waals surface area (Å²) >= 11 is 7.74. The zero-order valence-electron chi connectivity index (χ0n) is 10.4. The molecule has 0 saturated carbocycles. The number of aromatic nitrogens is 1. The lowest BCUT2D eigenvalue weighted by molar-refractivity contribution is 0.255. The number of hydrogen-bond donors (Lipinski definition) is 1. The number of halogens is 1. The Morgan fingerprint density at radius 2 is 2.17 bits per heavy atom. The highest BCUT2D eigenvalue weighted by atomic mass is 35.5. The molecule has 0 spiro atoms. The van der Waals surface area contributed by atoms with Gasteiger partial charge in [0, 0.05) is 28.7 Å². The predicted molar refractivity (Wildman–Crippen MR) is 77.9 cm³/mol. The van der Waals surface area contributed by atoms with Crippen LogP contribution in [-0.2, 0) is 6.54 Å². The van der Waals surface area contributed by atoms with Crippen molar-refractivity contribution in [3.05, 3.63) is 45.9 Å². The molecule has 2 rings (SSSR count). The van der Waals surface area contributed by atoms with Gasteiger partial charge in [0.2, 0.25) is 0 Å². The highest BCUT2D eigenvalue weighted by Crippen LogP contribution is 2.28. The van der Waals surface area contributed by atoms with Crippen LogP contribution in [0.1, 0.15) is 23.4 Å². The summed E-state index contributed by atoms with van der Waals surface area (Å²) in [4.78, 5) is 7.45. The summed E-state index contributed by atoms with van der Waals surface area (Å²) in [5.41, 5.74) is 6.77. The first-order chi connectivity index (χ1) is 8.58. The van der Waals surface area contributed by atoms with E-state index in [9.17, 15) is 0 Å². The lowest BCUT2D eigenvalue weighted by Gasteiger charge is -2.25. The minimum atomic E-state index is 0.252. The second-order valence-corrected chi connectivity index (χ2v) is 5.83. The molecule has 0 bridgehead atoms. The van der Waals surface area contributed by atoms with Gasteiger partial charge >= 0.3 is 0 Å². The fraction of sp³-hybridized carbons (Fsp3) is 0.308. The Hall–Kier alpha value is -1.10. The number of anilines is 1. The van der Waals surface area contributed by atoms with Gasteiger partial charge < -0.3 is 5.73 Å². The second kappa shape index (κ2) is 5.69. The van der Waals surface area contributed by atoms with E-state index in [0.717, 1.165) is 22.0 Å². The van der Waals surface area contributed by atoms with Crippen molar-refractivity contribution in [2.24, 2.45) is 0 Å². The molecule has 0 amide bonds. The van der Waals surface area contributed by atoms with Crippen LogP contribution in [-0.4, -0.2) is 16.9 Å². The van der Waals surface area contributed by atoms with Crippen molar-refractivity contribution >= 4 is 28.1 Å². The van der Waals surface area contributed by atoms with E-state index >= 15 is 0 Å². The fourth-order valence-electron chi connectivity index (χ4n) is 1.83. The molecule has 0 aliphatic heterocycles. The van der Waals surface area contributed by atoms with Crippen LogP contribution in [0.3, 0.4) is 0 Å². The van der Waals surface area contributed by atoms with Gasteiger partial charge in [-0.1, -0.05) is 29.8 Å². The van der Waals surface area contributed by atoms with Crippen LogP contribution in [0, 0.1) is 0 Å². The highest BCUT2D eigenvalue weighted by molar-refractivity contribution is 7.15. The largest absolute Gasteiger partial charge is 0.375 e. The lowest BCUT2D eigenvalue weighted by atomic mass is 10.1. The Labute approximate surface area is 116 Å². The molecule has 2 aromatic rings. The van der Waals surface area contributed by atoms with Crippen molar-refractivity contribution in [1.29, 1.82) is 0 Å². The van der Waals surface area contributed by atoms with E-state index in [1.54, 1.807) is 0 Å². The van der Waals surface area contributed by atoms with Crippen LogP contribution in [0.2, 0.25) is 5.02 Å². The monoisotopic (exact) mass is 281 g/mol. The van der Waals surface area contributed by atoms with Crippen molar-refractivity contribution < 1.29 is 0 Å². The first kappa shape index (κ1) is 13.3. The van der Waals surface area contributed by atoms with E-state index in [4.69, 9.17) is 17.3 Å². The standard InChI is InChI=1S/C13H16ClN3S/c1-9(11-5-3-4-6-12(11)14)17(2)8-10-7-16-13(15)18-10/h3-7,9H,8H2,1-2H3,(H2,15,16). The predicted octanol–water partition coefficient (Wildman–Crippen LogP) is 3.57. The Kier molecular flexibility index (Phi) is 4.22. The van der Waals surface area contributed by atoms with Crippen molar-refractivity contribution in [2.75, 3.05) is 12.8 Å². The third-order valence-electron chi connectivity index (χ3n) is 2.99. The summed E-state index contributed by atoms with van der Waals surface area (Å²) in [7, 11) is 2.07. The van der Waals surface area contributed by atoms with E-state index in [1.165, 1.54) is 11.3 Å². The third-order valence-corrected chi connectivity index (χ3v) is 4.15. The molecule has 1 aromatic heterocycles.